The maximum Gasteiger partial charge on any atom is 0.337 e. The molecule has 2 aromatic rings. The number of carbonyl (C=O) groups is 2. The maximum absolute atomic E-state index is 12.6. The van der Waals surface area contributed by atoms with E-state index in [1.54, 1.807) is 43.5 Å². The second-order valence-electron chi connectivity index (χ2n) is 5.85. The zero-order chi connectivity index (χ0) is 20.3. The fourth-order valence-electron chi connectivity index (χ4n) is 2.55. The summed E-state index contributed by atoms with van der Waals surface area (Å²) in [5.41, 5.74) is 1.04. The summed E-state index contributed by atoms with van der Waals surface area (Å²) in [6, 6.07) is 11.2. The predicted octanol–water partition coefficient (Wildman–Crippen LogP) is 3.72. The van der Waals surface area contributed by atoms with E-state index in [0.717, 1.165) is 11.8 Å². The molecule has 0 bridgehead atoms. The lowest BCUT2D eigenvalue weighted by Crippen LogP contribution is -2.23. The summed E-state index contributed by atoms with van der Waals surface area (Å²) in [5.74, 6) is -0.966. The van der Waals surface area contributed by atoms with Crippen LogP contribution in [0.1, 0.15) is 22.8 Å². The van der Waals surface area contributed by atoms with Crippen LogP contribution in [-0.2, 0) is 4.79 Å². The predicted molar refractivity (Wildman–Crippen MR) is 108 cm³/mol. The van der Waals surface area contributed by atoms with Crippen LogP contribution in [0.15, 0.2) is 52.4 Å². The van der Waals surface area contributed by atoms with Gasteiger partial charge in [-0.2, -0.15) is 0 Å². The van der Waals surface area contributed by atoms with Crippen LogP contribution >= 0.6 is 11.8 Å². The number of aromatic carboxylic acids is 1. The van der Waals surface area contributed by atoms with Crippen molar-refractivity contribution in [2.24, 2.45) is 4.99 Å². The van der Waals surface area contributed by atoms with Crippen molar-refractivity contribution < 1.29 is 24.5 Å². The van der Waals surface area contributed by atoms with E-state index >= 15 is 0 Å². The lowest BCUT2D eigenvalue weighted by atomic mass is 10.2. The van der Waals surface area contributed by atoms with Crippen molar-refractivity contribution in [3.63, 3.8) is 0 Å². The van der Waals surface area contributed by atoms with Crippen molar-refractivity contribution in [1.29, 1.82) is 0 Å². The van der Waals surface area contributed by atoms with E-state index in [2.05, 4.69) is 4.99 Å². The quantitative estimate of drug-likeness (QED) is 0.745. The summed E-state index contributed by atoms with van der Waals surface area (Å²) in [6.45, 7) is 2.22. The number of para-hydroxylation sites is 1. The first kappa shape index (κ1) is 19.5. The number of amides is 1. The van der Waals surface area contributed by atoms with Crippen molar-refractivity contribution in [1.82, 2.24) is 4.90 Å². The Morgan fingerprint density at radius 1 is 1.29 bits per heavy atom. The molecule has 0 aromatic heterocycles. The topological polar surface area (TPSA) is 99.4 Å². The number of hydrogen-bond acceptors (Lipinski definition) is 6. The van der Waals surface area contributed by atoms with Gasteiger partial charge in [-0.25, -0.2) is 9.79 Å². The van der Waals surface area contributed by atoms with Crippen LogP contribution in [0.25, 0.3) is 6.08 Å². The van der Waals surface area contributed by atoms with Crippen LogP contribution in [0.3, 0.4) is 0 Å². The molecular weight excluding hydrogens is 380 g/mol. The number of aromatic hydroxyl groups is 1. The number of rotatable bonds is 5. The molecule has 2 aromatic carbocycles. The highest BCUT2D eigenvalue weighted by atomic mass is 32.2. The second-order valence-corrected chi connectivity index (χ2v) is 6.86. The largest absolute Gasteiger partial charge is 0.504 e. The fourth-order valence-corrected chi connectivity index (χ4v) is 3.53. The minimum absolute atomic E-state index is 0.0269. The summed E-state index contributed by atoms with van der Waals surface area (Å²) in [5, 5.41) is 19.5. The summed E-state index contributed by atoms with van der Waals surface area (Å²) >= 11 is 1.15. The Bertz CT molecular complexity index is 1000. The maximum atomic E-state index is 12.6. The third kappa shape index (κ3) is 4.01. The Morgan fingerprint density at radius 3 is 2.75 bits per heavy atom. The van der Waals surface area contributed by atoms with Gasteiger partial charge < -0.3 is 14.9 Å². The number of benzene rings is 2. The van der Waals surface area contributed by atoms with E-state index in [1.807, 2.05) is 6.92 Å². The van der Waals surface area contributed by atoms with E-state index < -0.39 is 5.97 Å². The molecule has 0 saturated carbocycles. The number of phenols is 1. The Hall–Kier alpha value is -3.26. The summed E-state index contributed by atoms with van der Waals surface area (Å²) in [4.78, 5) is 30.1. The number of carboxylic acid groups (broad SMARTS) is 1. The van der Waals surface area contributed by atoms with Crippen molar-refractivity contribution in [2.45, 2.75) is 6.92 Å². The third-order valence-electron chi connectivity index (χ3n) is 3.94. The number of amidine groups is 1. The minimum atomic E-state index is -1.08. The lowest BCUT2D eigenvalue weighted by molar-refractivity contribution is -0.121. The van der Waals surface area contributed by atoms with Gasteiger partial charge in [0.05, 0.1) is 22.8 Å². The Kier molecular flexibility index (Phi) is 5.70. The van der Waals surface area contributed by atoms with Gasteiger partial charge in [-0.1, -0.05) is 18.2 Å². The molecule has 1 heterocycles. The van der Waals surface area contributed by atoms with Gasteiger partial charge in [0.1, 0.15) is 0 Å². The molecule has 7 nitrogen and oxygen atoms in total. The molecular formula is C20H18N2O5S. The number of phenolic OH excluding ortho intramolecular Hbond substituents is 1. The first-order valence-electron chi connectivity index (χ1n) is 8.45. The van der Waals surface area contributed by atoms with E-state index in [1.165, 1.54) is 17.0 Å². The van der Waals surface area contributed by atoms with Crippen LogP contribution < -0.4 is 4.74 Å². The molecule has 0 spiro atoms. The van der Waals surface area contributed by atoms with E-state index in [4.69, 9.17) is 4.74 Å². The van der Waals surface area contributed by atoms with E-state index in [9.17, 15) is 19.8 Å². The zero-order valence-corrected chi connectivity index (χ0v) is 16.1. The number of aliphatic imine (C=N–C) groups is 1. The highest BCUT2D eigenvalue weighted by Gasteiger charge is 2.30. The van der Waals surface area contributed by atoms with Gasteiger partial charge in [0, 0.05) is 7.05 Å². The molecule has 1 fully saturated rings. The van der Waals surface area contributed by atoms with Gasteiger partial charge in [-0.05, 0) is 54.6 Å². The number of nitrogens with zero attached hydrogens (tertiary/aromatic N) is 2. The molecule has 2 N–H and O–H groups in total. The highest BCUT2D eigenvalue weighted by Crippen LogP contribution is 2.35. The minimum Gasteiger partial charge on any atom is -0.504 e. The average molecular weight is 398 g/mol. The van der Waals surface area contributed by atoms with Crippen LogP contribution in [0.4, 0.5) is 5.69 Å². The monoisotopic (exact) mass is 398 g/mol. The van der Waals surface area contributed by atoms with Crippen LogP contribution in [0.2, 0.25) is 0 Å². The van der Waals surface area contributed by atoms with Crippen LogP contribution in [-0.4, -0.2) is 45.8 Å². The summed E-state index contributed by atoms with van der Waals surface area (Å²) in [7, 11) is 1.58. The first-order chi connectivity index (χ1) is 13.4. The van der Waals surface area contributed by atoms with Crippen molar-refractivity contribution >= 4 is 40.6 Å². The molecule has 144 valence electrons. The van der Waals surface area contributed by atoms with Gasteiger partial charge in [0.15, 0.2) is 16.7 Å². The zero-order valence-electron chi connectivity index (χ0n) is 15.2. The molecule has 0 radical (unpaired) electrons. The van der Waals surface area contributed by atoms with Gasteiger partial charge in [0.25, 0.3) is 5.91 Å². The van der Waals surface area contributed by atoms with Crippen LogP contribution in [0, 0.1) is 0 Å². The third-order valence-corrected chi connectivity index (χ3v) is 5.00. The molecule has 3 rings (SSSR count). The number of hydrogen-bond donors (Lipinski definition) is 2. The molecule has 8 heteroatoms. The number of carbonyl (C=O) groups excluding carboxylic acids is 1. The van der Waals surface area contributed by atoms with Gasteiger partial charge in [-0.3, -0.25) is 9.69 Å². The van der Waals surface area contributed by atoms with Crippen LogP contribution in [0.5, 0.6) is 11.5 Å². The number of likely N-dealkylation sites (N-methyl/N-ethyl adjacent to an activating group) is 1. The van der Waals surface area contributed by atoms with Crippen molar-refractivity contribution in [2.75, 3.05) is 13.7 Å². The number of thioether (sulfide) groups is 1. The molecule has 0 unspecified atom stereocenters. The SMILES string of the molecule is CCOc1cc(/C=C2\SC(=Nc3ccccc3C(=O)O)N(C)C2=O)ccc1O. The number of ether oxygens (including phenoxy) is 1. The van der Waals surface area contributed by atoms with Gasteiger partial charge in [0.2, 0.25) is 0 Å². The van der Waals surface area contributed by atoms with E-state index in [-0.39, 0.29) is 22.9 Å². The molecule has 1 saturated heterocycles. The molecule has 1 amide bonds. The Morgan fingerprint density at radius 2 is 2.04 bits per heavy atom. The highest BCUT2D eigenvalue weighted by molar-refractivity contribution is 8.18. The molecule has 0 atom stereocenters. The smallest absolute Gasteiger partial charge is 0.337 e. The second kappa shape index (κ2) is 8.18. The first-order valence-corrected chi connectivity index (χ1v) is 9.26. The average Bonchev–Trinajstić information content (AvgIpc) is 2.93. The van der Waals surface area contributed by atoms with Crippen molar-refractivity contribution in [3.05, 3.63) is 58.5 Å². The molecule has 1 aliphatic heterocycles. The Labute approximate surface area is 166 Å². The standard InChI is InChI=1S/C20H18N2O5S/c1-3-27-16-10-12(8-9-15(16)23)11-17-18(24)22(2)20(28-17)21-14-7-5-4-6-13(14)19(25)26/h4-11,23H,3H2,1-2H3,(H,25,26)/b17-11-,21-20?. The molecule has 0 aliphatic carbocycles. The van der Waals surface area contributed by atoms with Gasteiger partial charge >= 0.3 is 5.97 Å². The van der Waals surface area contributed by atoms with Crippen molar-refractivity contribution in [3.8, 4) is 11.5 Å². The van der Waals surface area contributed by atoms with E-state index in [0.29, 0.717) is 28.0 Å². The molecule has 1 aliphatic rings. The summed E-state index contributed by atoms with van der Waals surface area (Å²) in [6.07, 6.45) is 1.68. The van der Waals surface area contributed by atoms with Gasteiger partial charge in [-0.15, -0.1) is 0 Å². The Balaban J connectivity index is 1.93. The summed E-state index contributed by atoms with van der Waals surface area (Å²) < 4.78 is 5.36. The lowest BCUT2D eigenvalue weighted by Gasteiger charge is -2.08. The normalized spacial score (nSPS) is 16.8. The number of carboxylic acids is 1. The molecule has 28 heavy (non-hydrogen) atoms. The fraction of sp³-hybridized carbons (Fsp3) is 0.150.